The Hall–Kier alpha value is -3.19. The van der Waals surface area contributed by atoms with Crippen LogP contribution >= 0.6 is 0 Å². The highest BCUT2D eigenvalue weighted by atomic mass is 19.1. The summed E-state index contributed by atoms with van der Waals surface area (Å²) < 4.78 is 18.9. The van der Waals surface area contributed by atoms with E-state index in [2.05, 4.69) is 10.3 Å². The summed E-state index contributed by atoms with van der Waals surface area (Å²) in [6.07, 6.45) is 1.75. The minimum Gasteiger partial charge on any atom is -0.376 e. The van der Waals surface area contributed by atoms with Gasteiger partial charge < -0.3 is 19.9 Å². The first-order chi connectivity index (χ1) is 14.9. The van der Waals surface area contributed by atoms with Crippen molar-refractivity contribution >= 4 is 22.6 Å². The van der Waals surface area contributed by atoms with Crippen molar-refractivity contribution in [2.45, 2.75) is 39.3 Å². The van der Waals surface area contributed by atoms with E-state index in [1.165, 1.54) is 24.3 Å². The number of fused-ring (bicyclic) bond motifs is 1. The van der Waals surface area contributed by atoms with E-state index >= 15 is 0 Å². The Morgan fingerprint density at radius 1 is 1.23 bits per heavy atom. The number of urea groups is 1. The van der Waals surface area contributed by atoms with Crippen molar-refractivity contribution < 1.29 is 13.9 Å². The van der Waals surface area contributed by atoms with E-state index in [9.17, 15) is 14.0 Å². The molecule has 1 unspecified atom stereocenters. The molecular weight excluding hydrogens is 397 g/mol. The summed E-state index contributed by atoms with van der Waals surface area (Å²) in [5.41, 5.74) is 3.69. The second kappa shape index (κ2) is 8.89. The summed E-state index contributed by atoms with van der Waals surface area (Å²) in [6.45, 7) is 5.16. The number of ether oxygens (including phenoxy) is 1. The van der Waals surface area contributed by atoms with E-state index in [1.54, 1.807) is 4.90 Å². The number of amides is 2. The fourth-order valence-corrected chi connectivity index (χ4v) is 4.04. The average molecular weight is 423 g/mol. The molecule has 0 bridgehead atoms. The van der Waals surface area contributed by atoms with Gasteiger partial charge in [-0.3, -0.25) is 4.79 Å². The van der Waals surface area contributed by atoms with Crippen LogP contribution in [-0.4, -0.2) is 35.2 Å². The minimum absolute atomic E-state index is 0.0667. The third-order valence-electron chi connectivity index (χ3n) is 5.56. The van der Waals surface area contributed by atoms with Gasteiger partial charge >= 0.3 is 6.03 Å². The van der Waals surface area contributed by atoms with Crippen LogP contribution in [0.1, 0.15) is 29.5 Å². The maximum absolute atomic E-state index is 13.2. The lowest BCUT2D eigenvalue weighted by Crippen LogP contribution is -2.40. The number of nitrogens with zero attached hydrogens (tertiary/aromatic N) is 1. The fraction of sp³-hybridized carbons (Fsp3) is 0.333. The van der Waals surface area contributed by atoms with Gasteiger partial charge in [0.15, 0.2) is 0 Å². The summed E-state index contributed by atoms with van der Waals surface area (Å²) in [5.74, 6) is -0.373. The zero-order valence-electron chi connectivity index (χ0n) is 17.7. The minimum atomic E-state index is -0.373. The molecule has 0 spiro atoms. The number of nitrogens with one attached hydrogen (secondary N) is 2. The van der Waals surface area contributed by atoms with Crippen molar-refractivity contribution in [3.8, 4) is 0 Å². The van der Waals surface area contributed by atoms with E-state index in [1.807, 2.05) is 32.0 Å². The second-order valence-electron chi connectivity index (χ2n) is 8.12. The van der Waals surface area contributed by atoms with E-state index < -0.39 is 0 Å². The number of carbonyl (C=O) groups is 1. The number of benzene rings is 2. The smallest absolute Gasteiger partial charge is 0.322 e. The zero-order valence-corrected chi connectivity index (χ0v) is 17.7. The normalized spacial score (nSPS) is 15.9. The molecule has 1 saturated heterocycles. The van der Waals surface area contributed by atoms with Gasteiger partial charge in [-0.25, -0.2) is 9.18 Å². The first-order valence-corrected chi connectivity index (χ1v) is 10.5. The molecule has 2 aromatic carbocycles. The number of aromatic amines is 1. The summed E-state index contributed by atoms with van der Waals surface area (Å²) in [4.78, 5) is 30.3. The van der Waals surface area contributed by atoms with Crippen molar-refractivity contribution in [3.63, 3.8) is 0 Å². The van der Waals surface area contributed by atoms with Crippen molar-refractivity contribution in [2.24, 2.45) is 0 Å². The van der Waals surface area contributed by atoms with Crippen molar-refractivity contribution in [1.29, 1.82) is 0 Å². The zero-order chi connectivity index (χ0) is 22.0. The molecule has 0 aliphatic carbocycles. The highest BCUT2D eigenvalue weighted by Gasteiger charge is 2.24. The van der Waals surface area contributed by atoms with Crippen LogP contribution in [0.15, 0.2) is 47.3 Å². The molecule has 6 nitrogen and oxygen atoms in total. The van der Waals surface area contributed by atoms with Crippen LogP contribution in [-0.2, 0) is 11.3 Å². The summed E-state index contributed by atoms with van der Waals surface area (Å²) in [5, 5.41) is 3.72. The van der Waals surface area contributed by atoms with Crippen LogP contribution in [0.25, 0.3) is 10.9 Å². The molecule has 1 aromatic heterocycles. The number of aromatic nitrogens is 1. The third-order valence-corrected chi connectivity index (χ3v) is 5.56. The number of anilines is 1. The van der Waals surface area contributed by atoms with Gasteiger partial charge in [0, 0.05) is 24.4 Å². The van der Waals surface area contributed by atoms with E-state index in [0.717, 1.165) is 34.9 Å². The van der Waals surface area contributed by atoms with Gasteiger partial charge in [0.2, 0.25) is 0 Å². The summed E-state index contributed by atoms with van der Waals surface area (Å²) >= 11 is 0. The molecule has 1 aliphatic rings. The van der Waals surface area contributed by atoms with Crippen LogP contribution in [0, 0.1) is 19.7 Å². The first-order valence-electron chi connectivity index (χ1n) is 10.5. The molecule has 1 aliphatic heterocycles. The number of hydrogen-bond acceptors (Lipinski definition) is 3. The average Bonchev–Trinajstić information content (AvgIpc) is 3.23. The summed E-state index contributed by atoms with van der Waals surface area (Å²) in [6, 6.07) is 11.1. The molecule has 4 rings (SSSR count). The van der Waals surface area contributed by atoms with Crippen LogP contribution in [0.5, 0.6) is 0 Å². The Labute approximate surface area is 180 Å². The quantitative estimate of drug-likeness (QED) is 0.635. The number of rotatable bonds is 5. The Morgan fingerprint density at radius 2 is 2.00 bits per heavy atom. The second-order valence-corrected chi connectivity index (χ2v) is 8.12. The van der Waals surface area contributed by atoms with Crippen molar-refractivity contribution in [3.05, 3.63) is 75.3 Å². The Morgan fingerprint density at radius 3 is 2.71 bits per heavy atom. The molecule has 31 heavy (non-hydrogen) atoms. The lowest BCUT2D eigenvalue weighted by atomic mass is 10.1. The lowest BCUT2D eigenvalue weighted by molar-refractivity contribution is 0.0818. The summed E-state index contributed by atoms with van der Waals surface area (Å²) in [7, 11) is 0. The Kier molecular flexibility index (Phi) is 6.04. The SMILES string of the molecule is Cc1cc(C)c2[nH]c(=O)c(CN(CC3CCCO3)C(=O)Nc3ccc(F)cc3)cc2c1. The Balaban J connectivity index is 1.62. The lowest BCUT2D eigenvalue weighted by Gasteiger charge is -2.26. The number of carbonyl (C=O) groups excluding carboxylic acids is 1. The number of hydrogen-bond donors (Lipinski definition) is 2. The molecule has 0 radical (unpaired) electrons. The van der Waals surface area contributed by atoms with E-state index in [-0.39, 0.29) is 30.1 Å². The fourth-order valence-electron chi connectivity index (χ4n) is 4.04. The van der Waals surface area contributed by atoms with Gasteiger partial charge in [0.1, 0.15) is 5.82 Å². The highest BCUT2D eigenvalue weighted by Crippen LogP contribution is 2.20. The monoisotopic (exact) mass is 423 g/mol. The maximum Gasteiger partial charge on any atom is 0.322 e. The number of H-pyrrole nitrogens is 1. The van der Waals surface area contributed by atoms with Crippen LogP contribution < -0.4 is 10.9 Å². The van der Waals surface area contributed by atoms with Gasteiger partial charge in [-0.15, -0.1) is 0 Å². The number of halogens is 1. The van der Waals surface area contributed by atoms with E-state index in [4.69, 9.17) is 4.74 Å². The molecule has 162 valence electrons. The highest BCUT2D eigenvalue weighted by molar-refractivity contribution is 5.89. The molecule has 0 saturated carbocycles. The maximum atomic E-state index is 13.2. The number of aryl methyl sites for hydroxylation is 2. The number of pyridine rings is 1. The molecule has 3 aromatic rings. The van der Waals surface area contributed by atoms with Gasteiger partial charge in [0.05, 0.1) is 18.2 Å². The topological polar surface area (TPSA) is 74.4 Å². The van der Waals surface area contributed by atoms with Crippen LogP contribution in [0.2, 0.25) is 0 Å². The largest absolute Gasteiger partial charge is 0.376 e. The predicted molar refractivity (Wildman–Crippen MR) is 119 cm³/mol. The van der Waals surface area contributed by atoms with Gasteiger partial charge in [0.25, 0.3) is 5.56 Å². The van der Waals surface area contributed by atoms with E-state index in [0.29, 0.717) is 24.4 Å². The molecular formula is C24H26FN3O3. The molecule has 1 atom stereocenters. The molecule has 7 heteroatoms. The van der Waals surface area contributed by atoms with Gasteiger partial charge in [-0.05, 0) is 74.0 Å². The van der Waals surface area contributed by atoms with Crippen LogP contribution in [0.3, 0.4) is 0 Å². The van der Waals surface area contributed by atoms with Crippen LogP contribution in [0.4, 0.5) is 14.9 Å². The predicted octanol–water partition coefficient (Wildman–Crippen LogP) is 4.50. The van der Waals surface area contributed by atoms with Gasteiger partial charge in [-0.2, -0.15) is 0 Å². The van der Waals surface area contributed by atoms with Crippen molar-refractivity contribution in [1.82, 2.24) is 9.88 Å². The first kappa shape index (κ1) is 21.1. The molecule has 1 fully saturated rings. The molecule has 2 heterocycles. The molecule has 2 amide bonds. The molecule has 2 N–H and O–H groups in total. The van der Waals surface area contributed by atoms with Crippen molar-refractivity contribution in [2.75, 3.05) is 18.5 Å². The standard InChI is InChI=1S/C24H26FN3O3/c1-15-10-16(2)22-17(11-15)12-18(23(29)27-22)13-28(14-21-4-3-9-31-21)24(30)26-20-7-5-19(25)6-8-20/h5-8,10-12,21H,3-4,9,13-14H2,1-2H3,(H,26,30)(H,27,29). The van der Waals surface area contributed by atoms with Gasteiger partial charge in [-0.1, -0.05) is 11.6 Å². The Bertz CT molecular complexity index is 1150. The third kappa shape index (κ3) is 4.94.